The maximum atomic E-state index is 11.7. The first-order valence-electron chi connectivity index (χ1n) is 3.91. The lowest BCUT2D eigenvalue weighted by atomic mass is 10.3. The SMILES string of the molecule is O=C(Nc1[nH]ncc1Br)c1csc(I)c1. The molecule has 0 fully saturated rings. The van der Waals surface area contributed by atoms with E-state index in [0.717, 1.165) is 7.36 Å². The van der Waals surface area contributed by atoms with E-state index >= 15 is 0 Å². The Morgan fingerprint density at radius 3 is 3.00 bits per heavy atom. The predicted octanol–water partition coefficient (Wildman–Crippen LogP) is 3.09. The molecule has 2 rings (SSSR count). The van der Waals surface area contributed by atoms with Crippen molar-refractivity contribution in [2.45, 2.75) is 0 Å². The van der Waals surface area contributed by atoms with Crippen molar-refractivity contribution in [1.82, 2.24) is 10.2 Å². The molecular weight excluding hydrogens is 393 g/mol. The van der Waals surface area contributed by atoms with E-state index in [-0.39, 0.29) is 5.91 Å². The van der Waals surface area contributed by atoms with Gasteiger partial charge in [0.05, 0.1) is 19.1 Å². The smallest absolute Gasteiger partial charge is 0.257 e. The molecule has 1 amide bonds. The normalized spacial score (nSPS) is 10.3. The van der Waals surface area contributed by atoms with Gasteiger partial charge in [0.1, 0.15) is 5.82 Å². The molecule has 2 aromatic rings. The summed E-state index contributed by atoms with van der Waals surface area (Å²) in [6.07, 6.45) is 1.59. The Kier molecular flexibility index (Phi) is 3.42. The largest absolute Gasteiger partial charge is 0.306 e. The number of hydrogen-bond acceptors (Lipinski definition) is 3. The fourth-order valence-corrected chi connectivity index (χ4v) is 2.59. The molecule has 2 aromatic heterocycles. The molecule has 78 valence electrons. The summed E-state index contributed by atoms with van der Waals surface area (Å²) >= 11 is 6.98. The van der Waals surface area contributed by atoms with Crippen LogP contribution in [0.3, 0.4) is 0 Å². The van der Waals surface area contributed by atoms with Crippen LogP contribution in [0.15, 0.2) is 22.1 Å². The molecule has 0 aliphatic carbocycles. The number of anilines is 1. The number of carbonyl (C=O) groups is 1. The Morgan fingerprint density at radius 2 is 2.47 bits per heavy atom. The molecule has 7 heteroatoms. The van der Waals surface area contributed by atoms with Crippen LogP contribution in [0, 0.1) is 2.88 Å². The number of aromatic amines is 1. The van der Waals surface area contributed by atoms with Gasteiger partial charge in [0, 0.05) is 5.38 Å². The minimum absolute atomic E-state index is 0.140. The van der Waals surface area contributed by atoms with E-state index in [1.54, 1.807) is 6.20 Å². The maximum absolute atomic E-state index is 11.7. The quantitative estimate of drug-likeness (QED) is 0.765. The summed E-state index contributed by atoms with van der Waals surface area (Å²) in [5, 5.41) is 11.0. The molecule has 0 aliphatic rings. The molecule has 0 atom stereocenters. The van der Waals surface area contributed by atoms with Crippen molar-refractivity contribution in [2.24, 2.45) is 0 Å². The van der Waals surface area contributed by atoms with Gasteiger partial charge in [-0.25, -0.2) is 0 Å². The zero-order valence-corrected chi connectivity index (χ0v) is 11.8. The Hall–Kier alpha value is -0.410. The van der Waals surface area contributed by atoms with E-state index < -0.39 is 0 Å². The number of thiophene rings is 1. The first-order valence-corrected chi connectivity index (χ1v) is 6.66. The van der Waals surface area contributed by atoms with E-state index in [1.807, 2.05) is 11.4 Å². The average molecular weight is 398 g/mol. The number of carbonyl (C=O) groups excluding carboxylic acids is 1. The Balaban J connectivity index is 2.14. The minimum Gasteiger partial charge on any atom is -0.306 e. The fourth-order valence-electron chi connectivity index (χ4n) is 0.974. The van der Waals surface area contributed by atoms with Gasteiger partial charge in [-0.15, -0.1) is 11.3 Å². The minimum atomic E-state index is -0.140. The molecule has 0 saturated heterocycles. The topological polar surface area (TPSA) is 57.8 Å². The van der Waals surface area contributed by atoms with Crippen LogP contribution in [0.2, 0.25) is 0 Å². The number of hydrogen-bond donors (Lipinski definition) is 2. The van der Waals surface area contributed by atoms with Gasteiger partial charge in [0.25, 0.3) is 5.91 Å². The van der Waals surface area contributed by atoms with E-state index in [1.165, 1.54) is 11.3 Å². The summed E-state index contributed by atoms with van der Waals surface area (Å²) in [7, 11) is 0. The number of amides is 1. The molecule has 0 aliphatic heterocycles. The number of nitrogens with zero attached hydrogens (tertiary/aromatic N) is 1. The van der Waals surface area contributed by atoms with Crippen LogP contribution in [0.5, 0.6) is 0 Å². The van der Waals surface area contributed by atoms with E-state index in [0.29, 0.717) is 11.4 Å². The van der Waals surface area contributed by atoms with Crippen LogP contribution >= 0.6 is 49.9 Å². The Morgan fingerprint density at radius 1 is 1.67 bits per heavy atom. The van der Waals surface area contributed by atoms with Gasteiger partial charge in [0.2, 0.25) is 0 Å². The van der Waals surface area contributed by atoms with Gasteiger partial charge in [0.15, 0.2) is 0 Å². The highest BCUT2D eigenvalue weighted by Gasteiger charge is 2.10. The van der Waals surface area contributed by atoms with Gasteiger partial charge in [-0.2, -0.15) is 5.10 Å². The van der Waals surface area contributed by atoms with Crippen LogP contribution in [0.1, 0.15) is 10.4 Å². The van der Waals surface area contributed by atoms with Crippen molar-refractivity contribution in [1.29, 1.82) is 0 Å². The summed E-state index contributed by atoms with van der Waals surface area (Å²) in [6, 6.07) is 1.84. The number of H-pyrrole nitrogens is 1. The van der Waals surface area contributed by atoms with Crippen molar-refractivity contribution in [2.75, 3.05) is 5.32 Å². The van der Waals surface area contributed by atoms with E-state index in [9.17, 15) is 4.79 Å². The zero-order valence-electron chi connectivity index (χ0n) is 7.25. The molecule has 0 radical (unpaired) electrons. The zero-order chi connectivity index (χ0) is 10.8. The summed E-state index contributed by atoms with van der Waals surface area (Å²) < 4.78 is 1.82. The fraction of sp³-hybridized carbons (Fsp3) is 0. The van der Waals surface area contributed by atoms with E-state index in [4.69, 9.17) is 0 Å². The Bertz CT molecular complexity index is 496. The molecule has 0 bridgehead atoms. The standard InChI is InChI=1S/C8H5BrIN3OS/c9-5-2-11-13-7(5)12-8(14)4-1-6(10)15-3-4/h1-3H,(H2,11,12,13,14). The second-order valence-electron chi connectivity index (χ2n) is 2.69. The van der Waals surface area contributed by atoms with Crippen molar-refractivity contribution < 1.29 is 4.79 Å². The third-order valence-electron chi connectivity index (χ3n) is 1.66. The highest BCUT2D eigenvalue weighted by Crippen LogP contribution is 2.21. The average Bonchev–Trinajstić information content (AvgIpc) is 2.77. The van der Waals surface area contributed by atoms with Gasteiger partial charge in [-0.05, 0) is 44.6 Å². The summed E-state index contributed by atoms with van der Waals surface area (Å²) in [6.45, 7) is 0. The summed E-state index contributed by atoms with van der Waals surface area (Å²) in [5.74, 6) is 0.431. The summed E-state index contributed by atoms with van der Waals surface area (Å²) in [4.78, 5) is 11.7. The second kappa shape index (κ2) is 4.62. The lowest BCUT2D eigenvalue weighted by molar-refractivity contribution is 0.102. The van der Waals surface area contributed by atoms with Gasteiger partial charge in [-0.3, -0.25) is 9.89 Å². The van der Waals surface area contributed by atoms with Crippen LogP contribution in [0.25, 0.3) is 0 Å². The van der Waals surface area contributed by atoms with Crippen molar-refractivity contribution >= 4 is 61.6 Å². The van der Waals surface area contributed by atoms with Gasteiger partial charge < -0.3 is 5.32 Å². The highest BCUT2D eigenvalue weighted by molar-refractivity contribution is 14.1. The third kappa shape index (κ3) is 2.58. The van der Waals surface area contributed by atoms with Crippen molar-refractivity contribution in [3.63, 3.8) is 0 Å². The number of aromatic nitrogens is 2. The summed E-state index contributed by atoms with van der Waals surface area (Å²) in [5.41, 5.74) is 0.658. The molecule has 0 aromatic carbocycles. The molecule has 4 nitrogen and oxygen atoms in total. The first-order chi connectivity index (χ1) is 7.16. The van der Waals surface area contributed by atoms with Crippen molar-refractivity contribution in [3.05, 3.63) is 30.6 Å². The molecule has 2 N–H and O–H groups in total. The molecule has 2 heterocycles. The molecule has 15 heavy (non-hydrogen) atoms. The van der Waals surface area contributed by atoms with Crippen LogP contribution in [-0.2, 0) is 0 Å². The second-order valence-corrected chi connectivity index (χ2v) is 6.35. The van der Waals surface area contributed by atoms with E-state index in [2.05, 4.69) is 54.0 Å². The first kappa shape index (κ1) is 11.1. The molecule has 0 saturated carbocycles. The van der Waals surface area contributed by atoms with Crippen LogP contribution in [0.4, 0.5) is 5.82 Å². The number of halogens is 2. The Labute approximate surface area is 112 Å². The van der Waals surface area contributed by atoms with Gasteiger partial charge >= 0.3 is 0 Å². The monoisotopic (exact) mass is 397 g/mol. The lowest BCUT2D eigenvalue weighted by Gasteiger charge is -2.00. The molecular formula is C8H5BrIN3OS. The highest BCUT2D eigenvalue weighted by atomic mass is 127. The van der Waals surface area contributed by atoms with Crippen LogP contribution < -0.4 is 5.32 Å². The number of nitrogens with one attached hydrogen (secondary N) is 2. The molecule has 0 spiro atoms. The maximum Gasteiger partial charge on any atom is 0.257 e. The predicted molar refractivity (Wildman–Crippen MR) is 71.3 cm³/mol. The number of rotatable bonds is 2. The third-order valence-corrected chi connectivity index (χ3v) is 4.05. The molecule has 0 unspecified atom stereocenters. The lowest BCUT2D eigenvalue weighted by Crippen LogP contribution is -2.11. The van der Waals surface area contributed by atoms with Crippen molar-refractivity contribution in [3.8, 4) is 0 Å². The van der Waals surface area contributed by atoms with Crippen LogP contribution in [-0.4, -0.2) is 16.1 Å². The van der Waals surface area contributed by atoms with Gasteiger partial charge in [-0.1, -0.05) is 0 Å².